The van der Waals surface area contributed by atoms with E-state index in [1.54, 1.807) is 0 Å². The molecule has 0 bridgehead atoms. The molecule has 0 rings (SSSR count). The van der Waals surface area contributed by atoms with E-state index in [1.165, 1.54) is 26.0 Å². The van der Waals surface area contributed by atoms with E-state index < -0.39 is 0 Å². The first-order chi connectivity index (χ1) is 10.4. The van der Waals surface area contributed by atoms with Crippen LogP contribution >= 0.6 is 0 Å². The first-order valence-electron chi connectivity index (χ1n) is 8.43. The van der Waals surface area contributed by atoms with E-state index in [0.29, 0.717) is 5.92 Å². The molecule has 0 aliphatic rings. The summed E-state index contributed by atoms with van der Waals surface area (Å²) in [5.74, 6) is 0.342. The van der Waals surface area contributed by atoms with Crippen LogP contribution in [0.15, 0.2) is 23.8 Å². The van der Waals surface area contributed by atoms with Gasteiger partial charge in [-0.1, -0.05) is 38.8 Å². The molecule has 3 heteroatoms. The van der Waals surface area contributed by atoms with Crippen molar-refractivity contribution in [2.75, 3.05) is 13.7 Å². The smallest absolute Gasteiger partial charge is 0.330 e. The highest BCUT2D eigenvalue weighted by Crippen LogP contribution is 2.24. The van der Waals surface area contributed by atoms with Crippen LogP contribution in [-0.4, -0.2) is 25.3 Å². The molecule has 0 amide bonds. The first kappa shape index (κ1) is 20.9. The van der Waals surface area contributed by atoms with E-state index in [2.05, 4.69) is 38.5 Å². The Morgan fingerprint density at radius 2 is 2.00 bits per heavy atom. The lowest BCUT2D eigenvalue weighted by Crippen LogP contribution is -2.27. The first-order valence-corrected chi connectivity index (χ1v) is 8.43. The largest absolute Gasteiger partial charge is 0.466 e. The Morgan fingerprint density at radius 1 is 1.32 bits per heavy atom. The summed E-state index contributed by atoms with van der Waals surface area (Å²) in [6.07, 6.45) is 11.2. The third kappa shape index (κ3) is 9.78. The van der Waals surface area contributed by atoms with Crippen molar-refractivity contribution in [2.24, 2.45) is 5.92 Å². The second kappa shape index (κ2) is 11.5. The van der Waals surface area contributed by atoms with Gasteiger partial charge >= 0.3 is 5.97 Å². The average Bonchev–Trinajstić information content (AvgIpc) is 2.47. The third-order valence-electron chi connectivity index (χ3n) is 4.11. The fourth-order valence-corrected chi connectivity index (χ4v) is 2.42. The molecule has 3 nitrogen and oxygen atoms in total. The van der Waals surface area contributed by atoms with Crippen molar-refractivity contribution in [1.82, 2.24) is 0 Å². The highest BCUT2D eigenvalue weighted by molar-refractivity contribution is 5.83. The minimum atomic E-state index is -0.301. The molecule has 2 unspecified atom stereocenters. The lowest BCUT2D eigenvalue weighted by atomic mass is 9.92. The van der Waals surface area contributed by atoms with Gasteiger partial charge in [0.2, 0.25) is 0 Å². The average molecular weight is 310 g/mol. The van der Waals surface area contributed by atoms with Crippen molar-refractivity contribution in [2.45, 2.75) is 72.3 Å². The molecule has 0 aliphatic carbocycles. The van der Waals surface area contributed by atoms with E-state index in [-0.39, 0.29) is 11.6 Å². The third-order valence-corrected chi connectivity index (χ3v) is 4.11. The predicted octanol–water partition coefficient (Wildman–Crippen LogP) is 5.06. The maximum Gasteiger partial charge on any atom is 0.330 e. The summed E-state index contributed by atoms with van der Waals surface area (Å²) in [6.45, 7) is 11.4. The second-order valence-corrected chi connectivity index (χ2v) is 6.28. The number of carbonyl (C=O) groups excluding carboxylic acids is 1. The van der Waals surface area contributed by atoms with Gasteiger partial charge in [0.1, 0.15) is 0 Å². The van der Waals surface area contributed by atoms with Crippen LogP contribution in [0.3, 0.4) is 0 Å². The number of carbonyl (C=O) groups is 1. The summed E-state index contributed by atoms with van der Waals surface area (Å²) >= 11 is 0. The Balaban J connectivity index is 4.07. The zero-order valence-electron chi connectivity index (χ0n) is 15.3. The highest BCUT2D eigenvalue weighted by atomic mass is 16.5. The molecule has 0 aromatic carbocycles. The van der Waals surface area contributed by atoms with Gasteiger partial charge in [-0.05, 0) is 51.5 Å². The molecule has 0 aromatic rings. The van der Waals surface area contributed by atoms with Crippen LogP contribution in [0.1, 0.15) is 66.7 Å². The summed E-state index contributed by atoms with van der Waals surface area (Å²) in [5.41, 5.74) is 0.957. The lowest BCUT2D eigenvalue weighted by Gasteiger charge is -2.28. The number of hydrogen-bond donors (Lipinski definition) is 0. The predicted molar refractivity (Wildman–Crippen MR) is 92.9 cm³/mol. The van der Waals surface area contributed by atoms with Gasteiger partial charge in [0.25, 0.3) is 0 Å². The molecule has 0 fully saturated rings. The number of esters is 1. The molecule has 128 valence electrons. The Bertz CT molecular complexity index is 371. The molecular formula is C19H34O3. The molecule has 0 aliphatic heterocycles. The summed E-state index contributed by atoms with van der Waals surface area (Å²) in [4.78, 5) is 11.1. The van der Waals surface area contributed by atoms with Crippen LogP contribution < -0.4 is 0 Å². The summed E-state index contributed by atoms with van der Waals surface area (Å²) < 4.78 is 10.5. The molecule has 0 aromatic heterocycles. The number of rotatable bonds is 11. The summed E-state index contributed by atoms with van der Waals surface area (Å²) in [5, 5.41) is 0. The number of allylic oxidation sites excluding steroid dienone is 3. The van der Waals surface area contributed by atoms with Gasteiger partial charge in [0, 0.05) is 12.7 Å². The van der Waals surface area contributed by atoms with Crippen LogP contribution in [0.25, 0.3) is 0 Å². The highest BCUT2D eigenvalue weighted by Gasteiger charge is 2.21. The number of ether oxygens (including phenoxy) is 2. The minimum Gasteiger partial charge on any atom is -0.466 e. The number of hydrogen-bond acceptors (Lipinski definition) is 3. The van der Waals surface area contributed by atoms with Crippen molar-refractivity contribution >= 4 is 5.97 Å². The van der Waals surface area contributed by atoms with Crippen molar-refractivity contribution < 1.29 is 14.3 Å². The zero-order valence-corrected chi connectivity index (χ0v) is 15.3. The molecule has 2 atom stereocenters. The Morgan fingerprint density at radius 3 is 2.55 bits per heavy atom. The zero-order chi connectivity index (χ0) is 17.0. The van der Waals surface area contributed by atoms with Crippen LogP contribution in [0, 0.1) is 5.92 Å². The normalized spacial score (nSPS) is 16.5. The van der Waals surface area contributed by atoms with Gasteiger partial charge in [-0.3, -0.25) is 0 Å². The minimum absolute atomic E-state index is 0.0319. The second-order valence-electron chi connectivity index (χ2n) is 6.28. The molecule has 0 N–H and O–H groups in total. The molecule has 0 heterocycles. The molecule has 0 spiro atoms. The van der Waals surface area contributed by atoms with Gasteiger partial charge in [-0.25, -0.2) is 4.79 Å². The van der Waals surface area contributed by atoms with E-state index in [1.807, 2.05) is 13.0 Å². The monoisotopic (exact) mass is 310 g/mol. The van der Waals surface area contributed by atoms with Crippen molar-refractivity contribution in [1.29, 1.82) is 0 Å². The molecular weight excluding hydrogens is 276 g/mol. The molecule has 0 saturated carbocycles. The van der Waals surface area contributed by atoms with Gasteiger partial charge in [0.15, 0.2) is 0 Å². The molecule has 0 saturated heterocycles. The molecule has 0 radical (unpaired) electrons. The Labute approximate surface area is 136 Å². The van der Waals surface area contributed by atoms with Gasteiger partial charge in [-0.2, -0.15) is 0 Å². The van der Waals surface area contributed by atoms with E-state index in [4.69, 9.17) is 4.74 Å². The Kier molecular flexibility index (Phi) is 10.9. The van der Waals surface area contributed by atoms with Crippen LogP contribution in [0.2, 0.25) is 0 Å². The fraction of sp³-hybridized carbons (Fsp3) is 0.737. The standard InChI is InChI=1S/C19H34O3/c1-7-19(5,22-8-2)14-10-13-16(3)11-9-12-17(4)15-18(20)21-6/h9,12,15-16H,7-8,10-11,13-14H2,1-6H3. The van der Waals surface area contributed by atoms with Gasteiger partial charge in [-0.15, -0.1) is 0 Å². The van der Waals surface area contributed by atoms with Crippen molar-refractivity contribution in [3.63, 3.8) is 0 Å². The SMILES string of the molecule is CCOC(C)(CC)CCCC(C)CC=CC(C)=CC(=O)OC. The van der Waals surface area contributed by atoms with Crippen molar-refractivity contribution in [3.8, 4) is 0 Å². The maximum absolute atomic E-state index is 11.1. The van der Waals surface area contributed by atoms with Crippen LogP contribution in [0.5, 0.6) is 0 Å². The van der Waals surface area contributed by atoms with E-state index in [0.717, 1.165) is 31.4 Å². The topological polar surface area (TPSA) is 35.5 Å². The van der Waals surface area contributed by atoms with Gasteiger partial charge in [0.05, 0.1) is 12.7 Å². The maximum atomic E-state index is 11.1. The summed E-state index contributed by atoms with van der Waals surface area (Å²) in [7, 11) is 1.39. The van der Waals surface area contributed by atoms with E-state index in [9.17, 15) is 4.79 Å². The Hall–Kier alpha value is -1.09. The van der Waals surface area contributed by atoms with Gasteiger partial charge < -0.3 is 9.47 Å². The fourth-order valence-electron chi connectivity index (χ4n) is 2.42. The van der Waals surface area contributed by atoms with Crippen LogP contribution in [0.4, 0.5) is 0 Å². The molecule has 22 heavy (non-hydrogen) atoms. The lowest BCUT2D eigenvalue weighted by molar-refractivity contribution is -0.134. The quantitative estimate of drug-likeness (QED) is 0.304. The number of methoxy groups -OCH3 is 1. The van der Waals surface area contributed by atoms with Crippen molar-refractivity contribution in [3.05, 3.63) is 23.8 Å². The van der Waals surface area contributed by atoms with Crippen LogP contribution in [-0.2, 0) is 14.3 Å². The summed E-state index contributed by atoms with van der Waals surface area (Å²) in [6, 6.07) is 0. The van der Waals surface area contributed by atoms with E-state index >= 15 is 0 Å².